The van der Waals surface area contributed by atoms with Crippen molar-refractivity contribution in [2.24, 2.45) is 0 Å². The number of thiazole rings is 1. The van der Waals surface area contributed by atoms with Gasteiger partial charge in [0.25, 0.3) is 0 Å². The Bertz CT molecular complexity index is 534. The first-order valence-corrected chi connectivity index (χ1v) is 7.17. The summed E-state index contributed by atoms with van der Waals surface area (Å²) < 4.78 is 5.23. The molecule has 0 aliphatic carbocycles. The number of ether oxygens (including phenoxy) is 1. The number of carbonyl (C=O) groups is 1. The van der Waals surface area contributed by atoms with Crippen LogP contribution in [0.1, 0.15) is 36.0 Å². The number of rotatable bonds is 5. The maximum atomic E-state index is 11.7. The van der Waals surface area contributed by atoms with E-state index in [1.165, 1.54) is 11.3 Å². The molecular formula is C15H17NO2S. The van der Waals surface area contributed by atoms with Gasteiger partial charge in [-0.1, -0.05) is 44.2 Å². The summed E-state index contributed by atoms with van der Waals surface area (Å²) >= 11 is 1.52. The highest BCUT2D eigenvalue weighted by Crippen LogP contribution is 2.18. The molecule has 1 heterocycles. The number of esters is 1. The molecular weight excluding hydrogens is 258 g/mol. The van der Waals surface area contributed by atoms with Crippen LogP contribution in [-0.2, 0) is 22.6 Å². The summed E-state index contributed by atoms with van der Waals surface area (Å²) in [6, 6.07) is 9.67. The van der Waals surface area contributed by atoms with Crippen LogP contribution in [0.5, 0.6) is 0 Å². The van der Waals surface area contributed by atoms with Gasteiger partial charge in [0.2, 0.25) is 0 Å². The molecule has 0 amide bonds. The molecule has 0 bridgehead atoms. The van der Waals surface area contributed by atoms with E-state index in [1.807, 2.05) is 35.7 Å². The van der Waals surface area contributed by atoms with Crippen molar-refractivity contribution in [2.45, 2.75) is 32.8 Å². The minimum absolute atomic E-state index is 0.228. The fraction of sp³-hybridized carbons (Fsp3) is 0.333. The van der Waals surface area contributed by atoms with E-state index in [4.69, 9.17) is 4.74 Å². The molecule has 2 rings (SSSR count). The average Bonchev–Trinajstić information content (AvgIpc) is 2.86. The van der Waals surface area contributed by atoms with Gasteiger partial charge in [0.05, 0.1) is 12.1 Å². The van der Waals surface area contributed by atoms with Crippen molar-refractivity contribution in [3.05, 3.63) is 52.0 Å². The number of nitrogens with zero attached hydrogens (tertiary/aromatic N) is 1. The maximum absolute atomic E-state index is 11.7. The predicted molar refractivity (Wildman–Crippen MR) is 76.1 cm³/mol. The summed E-state index contributed by atoms with van der Waals surface area (Å²) in [7, 11) is 0. The summed E-state index contributed by atoms with van der Waals surface area (Å²) in [4.78, 5) is 16.1. The van der Waals surface area contributed by atoms with Gasteiger partial charge >= 0.3 is 5.97 Å². The second-order valence-corrected chi connectivity index (χ2v) is 5.59. The number of benzene rings is 1. The zero-order valence-corrected chi connectivity index (χ0v) is 11.9. The molecule has 19 heavy (non-hydrogen) atoms. The van der Waals surface area contributed by atoms with Crippen molar-refractivity contribution in [3.8, 4) is 0 Å². The summed E-state index contributed by atoms with van der Waals surface area (Å²) in [5.74, 6) is 0.166. The summed E-state index contributed by atoms with van der Waals surface area (Å²) in [5.41, 5.74) is 2.04. The van der Waals surface area contributed by atoms with E-state index in [2.05, 4.69) is 18.8 Å². The van der Waals surface area contributed by atoms with E-state index < -0.39 is 0 Å². The van der Waals surface area contributed by atoms with E-state index in [0.717, 1.165) is 16.3 Å². The third-order valence-corrected chi connectivity index (χ3v) is 3.57. The first kappa shape index (κ1) is 13.7. The van der Waals surface area contributed by atoms with Crippen LogP contribution < -0.4 is 0 Å². The third kappa shape index (κ3) is 4.17. The Kier molecular flexibility index (Phi) is 4.68. The van der Waals surface area contributed by atoms with Crippen LogP contribution in [0.3, 0.4) is 0 Å². The average molecular weight is 275 g/mol. The highest BCUT2D eigenvalue weighted by molar-refractivity contribution is 7.09. The fourth-order valence-electron chi connectivity index (χ4n) is 1.58. The third-order valence-electron chi connectivity index (χ3n) is 2.70. The lowest BCUT2D eigenvalue weighted by Crippen LogP contribution is -2.08. The zero-order valence-electron chi connectivity index (χ0n) is 11.1. The second kappa shape index (κ2) is 6.48. The quantitative estimate of drug-likeness (QED) is 0.783. The summed E-state index contributed by atoms with van der Waals surface area (Å²) in [5, 5.41) is 2.83. The molecule has 0 saturated heterocycles. The molecule has 2 aromatic rings. The Morgan fingerprint density at radius 3 is 2.68 bits per heavy atom. The van der Waals surface area contributed by atoms with E-state index in [0.29, 0.717) is 12.5 Å². The van der Waals surface area contributed by atoms with Gasteiger partial charge in [-0.2, -0.15) is 0 Å². The zero-order chi connectivity index (χ0) is 13.7. The molecule has 0 N–H and O–H groups in total. The van der Waals surface area contributed by atoms with Crippen LogP contribution in [0.2, 0.25) is 0 Å². The number of aromatic nitrogens is 1. The monoisotopic (exact) mass is 275 g/mol. The van der Waals surface area contributed by atoms with Crippen molar-refractivity contribution >= 4 is 17.3 Å². The minimum atomic E-state index is -0.228. The van der Waals surface area contributed by atoms with Gasteiger partial charge in [0.1, 0.15) is 11.6 Å². The smallest absolute Gasteiger partial charge is 0.313 e. The molecule has 0 saturated carbocycles. The lowest BCUT2D eigenvalue weighted by molar-refractivity contribution is -0.144. The van der Waals surface area contributed by atoms with Gasteiger partial charge in [-0.25, -0.2) is 4.98 Å². The van der Waals surface area contributed by atoms with Crippen LogP contribution in [0, 0.1) is 0 Å². The van der Waals surface area contributed by atoms with Gasteiger partial charge < -0.3 is 4.74 Å². The maximum Gasteiger partial charge on any atom is 0.313 e. The Balaban J connectivity index is 1.84. The van der Waals surface area contributed by atoms with Crippen molar-refractivity contribution in [2.75, 3.05) is 0 Å². The van der Waals surface area contributed by atoms with Gasteiger partial charge in [0.15, 0.2) is 0 Å². The molecule has 1 aromatic heterocycles. The molecule has 0 fully saturated rings. The van der Waals surface area contributed by atoms with E-state index in [9.17, 15) is 4.79 Å². The van der Waals surface area contributed by atoms with Crippen LogP contribution >= 0.6 is 11.3 Å². The number of hydrogen-bond acceptors (Lipinski definition) is 4. The van der Waals surface area contributed by atoms with Gasteiger partial charge in [0, 0.05) is 5.38 Å². The number of hydrogen-bond donors (Lipinski definition) is 0. The van der Waals surface area contributed by atoms with Crippen molar-refractivity contribution in [1.82, 2.24) is 4.98 Å². The van der Waals surface area contributed by atoms with Crippen molar-refractivity contribution in [3.63, 3.8) is 0 Å². The number of carbonyl (C=O) groups excluding carboxylic acids is 1. The highest BCUT2D eigenvalue weighted by Gasteiger charge is 2.10. The fourth-order valence-corrected chi connectivity index (χ4v) is 2.52. The second-order valence-electron chi connectivity index (χ2n) is 4.64. The standard InChI is InChI=1S/C15H17NO2S/c1-11(2)13-10-19-14(16-13)8-15(17)18-9-12-6-4-3-5-7-12/h3-7,10-11H,8-9H2,1-2H3. The minimum Gasteiger partial charge on any atom is -0.460 e. The van der Waals surface area contributed by atoms with Crippen molar-refractivity contribution < 1.29 is 9.53 Å². The lowest BCUT2D eigenvalue weighted by atomic mass is 10.2. The van der Waals surface area contributed by atoms with E-state index in [-0.39, 0.29) is 12.4 Å². The largest absolute Gasteiger partial charge is 0.460 e. The Morgan fingerprint density at radius 1 is 1.32 bits per heavy atom. The van der Waals surface area contributed by atoms with E-state index >= 15 is 0 Å². The van der Waals surface area contributed by atoms with Crippen LogP contribution in [0.25, 0.3) is 0 Å². The Morgan fingerprint density at radius 2 is 2.05 bits per heavy atom. The Hall–Kier alpha value is -1.68. The molecule has 1 aromatic carbocycles. The van der Waals surface area contributed by atoms with Gasteiger partial charge in [-0.05, 0) is 11.5 Å². The molecule has 100 valence electrons. The molecule has 0 atom stereocenters. The molecule has 0 unspecified atom stereocenters. The molecule has 0 radical (unpaired) electrons. The first-order valence-electron chi connectivity index (χ1n) is 6.29. The Labute approximate surface area is 117 Å². The van der Waals surface area contributed by atoms with E-state index in [1.54, 1.807) is 0 Å². The van der Waals surface area contributed by atoms with Crippen molar-refractivity contribution in [1.29, 1.82) is 0 Å². The first-order chi connectivity index (χ1) is 9.15. The van der Waals surface area contributed by atoms with Crippen LogP contribution in [-0.4, -0.2) is 11.0 Å². The molecule has 0 spiro atoms. The highest BCUT2D eigenvalue weighted by atomic mass is 32.1. The summed E-state index contributed by atoms with van der Waals surface area (Å²) in [6.07, 6.45) is 0.254. The summed E-state index contributed by atoms with van der Waals surface area (Å²) in [6.45, 7) is 4.50. The van der Waals surface area contributed by atoms with Crippen LogP contribution in [0.4, 0.5) is 0 Å². The molecule has 4 heteroatoms. The van der Waals surface area contributed by atoms with Gasteiger partial charge in [-0.3, -0.25) is 4.79 Å². The normalized spacial score (nSPS) is 10.7. The lowest BCUT2D eigenvalue weighted by Gasteiger charge is -2.03. The van der Waals surface area contributed by atoms with Crippen LogP contribution in [0.15, 0.2) is 35.7 Å². The topological polar surface area (TPSA) is 39.2 Å². The molecule has 0 aliphatic heterocycles. The molecule has 3 nitrogen and oxygen atoms in total. The van der Waals surface area contributed by atoms with Gasteiger partial charge in [-0.15, -0.1) is 11.3 Å². The molecule has 0 aliphatic rings. The SMILES string of the molecule is CC(C)c1csc(CC(=O)OCc2ccccc2)n1. The predicted octanol–water partition coefficient (Wildman–Crippen LogP) is 3.55.